The molecular weight excluding hydrogens is 197 g/mol. The maximum absolute atomic E-state index is 12.6. The maximum atomic E-state index is 12.6. The lowest BCUT2D eigenvalue weighted by molar-refractivity contribution is 0.341. The number of thioether (sulfide) groups is 1. The SMILES string of the molecule is Fc1ccc(SCCC2CNC2)cc1. The summed E-state index contributed by atoms with van der Waals surface area (Å²) in [7, 11) is 0. The van der Waals surface area contributed by atoms with Crippen LogP contribution in [-0.2, 0) is 0 Å². The van der Waals surface area contributed by atoms with E-state index in [2.05, 4.69) is 5.32 Å². The fourth-order valence-electron chi connectivity index (χ4n) is 1.43. The van der Waals surface area contributed by atoms with Crippen LogP contribution in [0.4, 0.5) is 4.39 Å². The predicted molar refractivity (Wildman–Crippen MR) is 58.1 cm³/mol. The van der Waals surface area contributed by atoms with Crippen molar-refractivity contribution in [3.05, 3.63) is 30.1 Å². The van der Waals surface area contributed by atoms with Gasteiger partial charge in [0.05, 0.1) is 0 Å². The molecule has 2 rings (SSSR count). The van der Waals surface area contributed by atoms with Gasteiger partial charge < -0.3 is 5.32 Å². The van der Waals surface area contributed by atoms with Crippen LogP contribution in [0, 0.1) is 11.7 Å². The van der Waals surface area contributed by atoms with Crippen LogP contribution in [0.2, 0.25) is 0 Å². The highest BCUT2D eigenvalue weighted by atomic mass is 32.2. The standard InChI is InChI=1S/C11H14FNS/c12-10-1-3-11(4-2-10)14-6-5-9-7-13-8-9/h1-4,9,13H,5-8H2. The van der Waals surface area contributed by atoms with Gasteiger partial charge in [-0.3, -0.25) is 0 Å². The molecule has 1 aliphatic rings. The van der Waals surface area contributed by atoms with Crippen molar-refractivity contribution in [2.45, 2.75) is 11.3 Å². The molecule has 1 aromatic rings. The lowest BCUT2D eigenvalue weighted by Crippen LogP contribution is -2.42. The molecule has 1 aromatic carbocycles. The number of benzene rings is 1. The Morgan fingerprint density at radius 2 is 2.00 bits per heavy atom. The summed E-state index contributed by atoms with van der Waals surface area (Å²) in [4.78, 5) is 1.17. The highest BCUT2D eigenvalue weighted by molar-refractivity contribution is 7.99. The lowest BCUT2D eigenvalue weighted by atomic mass is 10.0. The molecule has 0 spiro atoms. The molecule has 1 heterocycles. The third kappa shape index (κ3) is 2.72. The van der Waals surface area contributed by atoms with Gasteiger partial charge in [0, 0.05) is 4.90 Å². The summed E-state index contributed by atoms with van der Waals surface area (Å²) in [5, 5.41) is 3.26. The molecule has 76 valence electrons. The second-order valence-electron chi connectivity index (χ2n) is 3.62. The smallest absolute Gasteiger partial charge is 0.123 e. The molecule has 0 aliphatic carbocycles. The molecule has 1 nitrogen and oxygen atoms in total. The van der Waals surface area contributed by atoms with Crippen molar-refractivity contribution in [2.24, 2.45) is 5.92 Å². The zero-order chi connectivity index (χ0) is 9.80. The third-order valence-electron chi connectivity index (χ3n) is 2.47. The van der Waals surface area contributed by atoms with Crippen LogP contribution < -0.4 is 5.32 Å². The van der Waals surface area contributed by atoms with Gasteiger partial charge in [-0.2, -0.15) is 0 Å². The van der Waals surface area contributed by atoms with Crippen LogP contribution in [0.15, 0.2) is 29.2 Å². The van der Waals surface area contributed by atoms with E-state index in [1.165, 1.54) is 36.5 Å². The zero-order valence-electron chi connectivity index (χ0n) is 8.00. The van der Waals surface area contributed by atoms with Gasteiger partial charge in [0.2, 0.25) is 0 Å². The lowest BCUT2D eigenvalue weighted by Gasteiger charge is -2.26. The Hall–Kier alpha value is -0.540. The minimum absolute atomic E-state index is 0.155. The van der Waals surface area contributed by atoms with Crippen molar-refractivity contribution in [1.29, 1.82) is 0 Å². The summed E-state index contributed by atoms with van der Waals surface area (Å²) in [6.45, 7) is 2.34. The topological polar surface area (TPSA) is 12.0 Å². The van der Waals surface area contributed by atoms with E-state index < -0.39 is 0 Å². The quantitative estimate of drug-likeness (QED) is 0.768. The average Bonchev–Trinajstić information content (AvgIpc) is 2.12. The molecule has 1 aliphatic heterocycles. The Morgan fingerprint density at radius 3 is 2.57 bits per heavy atom. The summed E-state index contributed by atoms with van der Waals surface area (Å²) < 4.78 is 12.6. The number of nitrogens with one attached hydrogen (secondary N) is 1. The molecule has 0 radical (unpaired) electrons. The number of rotatable bonds is 4. The maximum Gasteiger partial charge on any atom is 0.123 e. The molecule has 0 bridgehead atoms. The van der Waals surface area contributed by atoms with Crippen molar-refractivity contribution < 1.29 is 4.39 Å². The molecule has 0 aromatic heterocycles. The van der Waals surface area contributed by atoms with E-state index in [1.54, 1.807) is 0 Å². The molecule has 0 amide bonds. The highest BCUT2D eigenvalue weighted by Gasteiger charge is 2.15. The van der Waals surface area contributed by atoms with E-state index in [1.807, 2.05) is 23.9 Å². The summed E-state index contributed by atoms with van der Waals surface area (Å²) in [5.74, 6) is 1.85. The van der Waals surface area contributed by atoms with Crippen LogP contribution in [0.3, 0.4) is 0 Å². The van der Waals surface area contributed by atoms with Gasteiger partial charge in [0.1, 0.15) is 5.82 Å². The zero-order valence-corrected chi connectivity index (χ0v) is 8.82. The first-order chi connectivity index (χ1) is 6.84. The van der Waals surface area contributed by atoms with Crippen molar-refractivity contribution in [1.82, 2.24) is 5.32 Å². The van der Waals surface area contributed by atoms with E-state index in [0.717, 1.165) is 11.7 Å². The Bertz CT molecular complexity index is 282. The van der Waals surface area contributed by atoms with Gasteiger partial charge in [-0.15, -0.1) is 11.8 Å². The van der Waals surface area contributed by atoms with E-state index in [9.17, 15) is 4.39 Å². The molecule has 0 unspecified atom stereocenters. The summed E-state index contributed by atoms with van der Waals surface area (Å²) >= 11 is 1.81. The first kappa shape index (κ1) is 9.99. The minimum atomic E-state index is -0.155. The van der Waals surface area contributed by atoms with Crippen molar-refractivity contribution in [3.8, 4) is 0 Å². The molecule has 1 saturated heterocycles. The second-order valence-corrected chi connectivity index (χ2v) is 4.78. The van der Waals surface area contributed by atoms with Crippen LogP contribution in [0.5, 0.6) is 0 Å². The first-order valence-electron chi connectivity index (χ1n) is 4.94. The first-order valence-corrected chi connectivity index (χ1v) is 5.92. The van der Waals surface area contributed by atoms with Gasteiger partial charge in [-0.05, 0) is 55.4 Å². The van der Waals surface area contributed by atoms with Crippen LogP contribution in [0.25, 0.3) is 0 Å². The molecule has 1 fully saturated rings. The van der Waals surface area contributed by atoms with Crippen molar-refractivity contribution in [2.75, 3.05) is 18.8 Å². The number of hydrogen-bond acceptors (Lipinski definition) is 2. The second kappa shape index (κ2) is 4.80. The van der Waals surface area contributed by atoms with Gasteiger partial charge in [-0.1, -0.05) is 0 Å². The molecule has 0 atom stereocenters. The highest BCUT2D eigenvalue weighted by Crippen LogP contribution is 2.21. The largest absolute Gasteiger partial charge is 0.316 e. The summed E-state index contributed by atoms with van der Waals surface area (Å²) in [5.41, 5.74) is 0. The Morgan fingerprint density at radius 1 is 1.29 bits per heavy atom. The molecule has 3 heteroatoms. The Kier molecular flexibility index (Phi) is 3.43. The van der Waals surface area contributed by atoms with E-state index in [4.69, 9.17) is 0 Å². The van der Waals surface area contributed by atoms with Crippen molar-refractivity contribution >= 4 is 11.8 Å². The minimum Gasteiger partial charge on any atom is -0.316 e. The summed E-state index contributed by atoms with van der Waals surface area (Å²) in [6, 6.07) is 6.73. The molecular formula is C11H14FNS. The number of hydrogen-bond donors (Lipinski definition) is 1. The monoisotopic (exact) mass is 211 g/mol. The Balaban J connectivity index is 1.71. The number of halogens is 1. The normalized spacial score (nSPS) is 16.6. The van der Waals surface area contributed by atoms with E-state index in [-0.39, 0.29) is 5.82 Å². The predicted octanol–water partition coefficient (Wildman–Crippen LogP) is 2.53. The molecule has 0 saturated carbocycles. The van der Waals surface area contributed by atoms with Gasteiger partial charge in [0.15, 0.2) is 0 Å². The molecule has 14 heavy (non-hydrogen) atoms. The van der Waals surface area contributed by atoms with Crippen LogP contribution in [0.1, 0.15) is 6.42 Å². The van der Waals surface area contributed by atoms with Crippen LogP contribution in [-0.4, -0.2) is 18.8 Å². The van der Waals surface area contributed by atoms with Gasteiger partial charge >= 0.3 is 0 Å². The summed E-state index contributed by atoms with van der Waals surface area (Å²) in [6.07, 6.45) is 1.26. The van der Waals surface area contributed by atoms with Gasteiger partial charge in [0.25, 0.3) is 0 Å². The fraction of sp³-hybridized carbons (Fsp3) is 0.455. The van der Waals surface area contributed by atoms with Crippen molar-refractivity contribution in [3.63, 3.8) is 0 Å². The van der Waals surface area contributed by atoms with E-state index >= 15 is 0 Å². The van der Waals surface area contributed by atoms with E-state index in [0.29, 0.717) is 0 Å². The Labute approximate surface area is 88.1 Å². The van der Waals surface area contributed by atoms with Crippen LogP contribution >= 0.6 is 11.8 Å². The molecule has 1 N–H and O–H groups in total. The third-order valence-corrected chi connectivity index (χ3v) is 3.52. The average molecular weight is 211 g/mol. The van der Waals surface area contributed by atoms with Gasteiger partial charge in [-0.25, -0.2) is 4.39 Å². The fourth-order valence-corrected chi connectivity index (χ4v) is 2.44.